The Morgan fingerprint density at radius 3 is 2.63 bits per heavy atom. The summed E-state index contributed by atoms with van der Waals surface area (Å²) in [5, 5.41) is 9.65. The van der Waals surface area contributed by atoms with E-state index in [0.717, 1.165) is 41.7 Å². The molecule has 3 nitrogen and oxygen atoms in total. The van der Waals surface area contributed by atoms with E-state index in [4.69, 9.17) is 18.0 Å². The Kier molecular flexibility index (Phi) is 4.81. The molecule has 104 valence electrons. The minimum absolute atomic E-state index is 0.220. The van der Waals surface area contributed by atoms with Crippen molar-refractivity contribution in [3.05, 3.63) is 28.2 Å². The summed E-state index contributed by atoms with van der Waals surface area (Å²) in [6.45, 7) is 3.75. The average molecular weight is 343 g/mol. The van der Waals surface area contributed by atoms with E-state index in [2.05, 4.69) is 26.9 Å². The number of rotatable bonds is 3. The Labute approximate surface area is 127 Å². The molecule has 0 bridgehead atoms. The molecule has 1 atom stereocenters. The van der Waals surface area contributed by atoms with Gasteiger partial charge in [0.05, 0.1) is 6.10 Å². The van der Waals surface area contributed by atoms with Gasteiger partial charge < -0.3 is 15.7 Å². The van der Waals surface area contributed by atoms with Crippen molar-refractivity contribution in [3.63, 3.8) is 0 Å². The molecule has 5 heteroatoms. The molecule has 2 rings (SSSR count). The molecule has 0 saturated carbocycles. The van der Waals surface area contributed by atoms with Crippen LogP contribution in [0.1, 0.15) is 25.3 Å². The summed E-state index contributed by atoms with van der Waals surface area (Å²) >= 11 is 8.58. The molecular weight excluding hydrogens is 324 g/mol. The van der Waals surface area contributed by atoms with Crippen LogP contribution in [0.15, 0.2) is 22.7 Å². The number of nitrogens with two attached hydrogens (primary N) is 1. The van der Waals surface area contributed by atoms with Crippen LogP contribution in [0.3, 0.4) is 0 Å². The molecule has 1 unspecified atom stereocenters. The monoisotopic (exact) mass is 342 g/mol. The van der Waals surface area contributed by atoms with Crippen molar-refractivity contribution in [2.75, 3.05) is 18.0 Å². The van der Waals surface area contributed by atoms with Crippen molar-refractivity contribution < 1.29 is 5.11 Å². The maximum Gasteiger partial charge on any atom is 0.106 e. The van der Waals surface area contributed by atoms with Crippen molar-refractivity contribution in [1.82, 2.24) is 0 Å². The number of aliphatic hydroxyl groups excluding tert-OH is 1. The zero-order valence-electron chi connectivity index (χ0n) is 11.0. The number of hydrogen-bond donors (Lipinski definition) is 2. The van der Waals surface area contributed by atoms with Gasteiger partial charge in [-0.15, -0.1) is 0 Å². The van der Waals surface area contributed by atoms with Crippen molar-refractivity contribution in [3.8, 4) is 0 Å². The zero-order chi connectivity index (χ0) is 14.0. The standard InChI is InChI=1S/C14H19BrN2OS/c1-9(18)10-4-6-17(7-5-10)13-3-2-11(15)8-12(13)14(16)19/h2-3,8-10,18H,4-7H2,1H3,(H2,16,19). The molecule has 19 heavy (non-hydrogen) atoms. The van der Waals surface area contributed by atoms with E-state index in [1.807, 2.05) is 19.1 Å². The van der Waals surface area contributed by atoms with Gasteiger partial charge in [-0.2, -0.15) is 0 Å². The van der Waals surface area contributed by atoms with Gasteiger partial charge >= 0.3 is 0 Å². The molecular formula is C14H19BrN2OS. The Bertz CT molecular complexity index is 471. The second-order valence-electron chi connectivity index (χ2n) is 5.09. The van der Waals surface area contributed by atoms with Gasteiger partial charge in [-0.25, -0.2) is 0 Å². The maximum absolute atomic E-state index is 9.65. The van der Waals surface area contributed by atoms with Crippen LogP contribution in [0.4, 0.5) is 5.69 Å². The first-order valence-corrected chi connectivity index (χ1v) is 7.71. The molecule has 0 radical (unpaired) electrons. The highest BCUT2D eigenvalue weighted by molar-refractivity contribution is 9.10. The van der Waals surface area contributed by atoms with Crippen LogP contribution < -0.4 is 10.6 Å². The highest BCUT2D eigenvalue weighted by Gasteiger charge is 2.24. The number of nitrogens with zero attached hydrogens (tertiary/aromatic N) is 1. The van der Waals surface area contributed by atoms with E-state index in [0.29, 0.717) is 10.9 Å². The van der Waals surface area contributed by atoms with Crippen LogP contribution in [0.25, 0.3) is 0 Å². The van der Waals surface area contributed by atoms with Crippen LogP contribution in [-0.2, 0) is 0 Å². The van der Waals surface area contributed by atoms with Gasteiger partial charge in [-0.3, -0.25) is 0 Å². The van der Waals surface area contributed by atoms with Gasteiger partial charge in [-0.05, 0) is 43.9 Å². The summed E-state index contributed by atoms with van der Waals surface area (Å²) in [5.74, 6) is 0.403. The van der Waals surface area contributed by atoms with Gasteiger partial charge in [0.25, 0.3) is 0 Å². The third-order valence-electron chi connectivity index (χ3n) is 3.79. The third-order valence-corrected chi connectivity index (χ3v) is 4.50. The number of thiocarbonyl (C=S) groups is 1. The van der Waals surface area contributed by atoms with Gasteiger partial charge in [0.15, 0.2) is 0 Å². The Balaban J connectivity index is 2.17. The van der Waals surface area contributed by atoms with E-state index in [-0.39, 0.29) is 6.10 Å². The summed E-state index contributed by atoms with van der Waals surface area (Å²) in [5.41, 5.74) is 7.82. The number of aliphatic hydroxyl groups is 1. The lowest BCUT2D eigenvalue weighted by molar-refractivity contribution is 0.110. The molecule has 1 aromatic rings. The van der Waals surface area contributed by atoms with Crippen LogP contribution >= 0.6 is 28.1 Å². The summed E-state index contributed by atoms with van der Waals surface area (Å²) < 4.78 is 0.984. The fourth-order valence-electron chi connectivity index (χ4n) is 2.60. The van der Waals surface area contributed by atoms with Gasteiger partial charge in [0.1, 0.15) is 4.99 Å². The first-order chi connectivity index (χ1) is 8.99. The van der Waals surface area contributed by atoms with E-state index in [1.165, 1.54) is 0 Å². The lowest BCUT2D eigenvalue weighted by atomic mass is 9.91. The summed E-state index contributed by atoms with van der Waals surface area (Å²) in [6.07, 6.45) is 1.79. The molecule has 1 aromatic carbocycles. The van der Waals surface area contributed by atoms with Crippen molar-refractivity contribution in [2.24, 2.45) is 11.7 Å². The molecule has 0 aliphatic carbocycles. The molecule has 1 fully saturated rings. The lowest BCUT2D eigenvalue weighted by Gasteiger charge is -2.35. The number of piperidine rings is 1. The minimum atomic E-state index is -0.220. The zero-order valence-corrected chi connectivity index (χ0v) is 13.4. The molecule has 0 spiro atoms. The van der Waals surface area contributed by atoms with Crippen molar-refractivity contribution in [1.29, 1.82) is 0 Å². The number of hydrogen-bond acceptors (Lipinski definition) is 3. The largest absolute Gasteiger partial charge is 0.393 e. The van der Waals surface area contributed by atoms with Gasteiger partial charge in [-0.1, -0.05) is 28.1 Å². The van der Waals surface area contributed by atoms with E-state index in [1.54, 1.807) is 0 Å². The SMILES string of the molecule is CC(O)C1CCN(c2ccc(Br)cc2C(N)=S)CC1. The normalized spacial score (nSPS) is 18.4. The predicted molar refractivity (Wildman–Crippen MR) is 86.6 cm³/mol. The third kappa shape index (κ3) is 3.46. The smallest absolute Gasteiger partial charge is 0.106 e. The van der Waals surface area contributed by atoms with Gasteiger partial charge in [0.2, 0.25) is 0 Å². The molecule has 1 aliphatic heterocycles. The molecule has 0 amide bonds. The highest BCUT2D eigenvalue weighted by Crippen LogP contribution is 2.29. The highest BCUT2D eigenvalue weighted by atomic mass is 79.9. The Hall–Kier alpha value is -0.650. The van der Waals surface area contributed by atoms with E-state index < -0.39 is 0 Å². The predicted octanol–water partition coefficient (Wildman–Crippen LogP) is 2.68. The number of benzene rings is 1. The molecule has 1 heterocycles. The average Bonchev–Trinajstić information content (AvgIpc) is 2.38. The quantitative estimate of drug-likeness (QED) is 0.829. The van der Waals surface area contributed by atoms with Crippen LogP contribution in [0.5, 0.6) is 0 Å². The lowest BCUT2D eigenvalue weighted by Crippen LogP contribution is -2.38. The van der Waals surface area contributed by atoms with Crippen molar-refractivity contribution >= 4 is 38.8 Å². The summed E-state index contributed by atoms with van der Waals surface area (Å²) in [4.78, 5) is 2.73. The van der Waals surface area contributed by atoms with Gasteiger partial charge in [0, 0.05) is 28.8 Å². The van der Waals surface area contributed by atoms with Crippen LogP contribution in [0.2, 0.25) is 0 Å². The summed E-state index contributed by atoms with van der Waals surface area (Å²) in [6, 6.07) is 6.04. The summed E-state index contributed by atoms with van der Waals surface area (Å²) in [7, 11) is 0. The van der Waals surface area contributed by atoms with E-state index >= 15 is 0 Å². The van der Waals surface area contributed by atoms with Crippen LogP contribution in [0, 0.1) is 5.92 Å². The Morgan fingerprint density at radius 1 is 1.47 bits per heavy atom. The first-order valence-electron chi connectivity index (χ1n) is 6.51. The topological polar surface area (TPSA) is 49.5 Å². The number of halogens is 1. The molecule has 1 aliphatic rings. The minimum Gasteiger partial charge on any atom is -0.393 e. The first kappa shape index (κ1) is 14.8. The molecule has 3 N–H and O–H groups in total. The number of anilines is 1. The maximum atomic E-state index is 9.65. The van der Waals surface area contributed by atoms with Crippen LogP contribution in [-0.4, -0.2) is 29.3 Å². The Morgan fingerprint density at radius 2 is 2.11 bits per heavy atom. The molecule has 1 saturated heterocycles. The second kappa shape index (κ2) is 6.20. The fraction of sp³-hybridized carbons (Fsp3) is 0.500. The van der Waals surface area contributed by atoms with Crippen molar-refractivity contribution in [2.45, 2.75) is 25.9 Å². The second-order valence-corrected chi connectivity index (χ2v) is 6.45. The fourth-order valence-corrected chi connectivity index (χ4v) is 3.13. The molecule has 0 aromatic heterocycles. The van der Waals surface area contributed by atoms with E-state index in [9.17, 15) is 5.11 Å².